The maximum absolute atomic E-state index is 12.2. The number of amides is 1. The highest BCUT2D eigenvalue weighted by Gasteiger charge is 2.31. The monoisotopic (exact) mass is 427 g/mol. The number of hydrogen-bond donors (Lipinski definition) is 1. The van der Waals surface area contributed by atoms with Crippen molar-refractivity contribution in [1.82, 2.24) is 25.0 Å². The molecule has 1 fully saturated rings. The minimum absolute atomic E-state index is 0.103. The van der Waals surface area contributed by atoms with Gasteiger partial charge in [0.2, 0.25) is 5.91 Å². The van der Waals surface area contributed by atoms with Crippen LogP contribution in [0.3, 0.4) is 0 Å². The van der Waals surface area contributed by atoms with Crippen molar-refractivity contribution in [2.45, 2.75) is 51.7 Å². The minimum Gasteiger partial charge on any atom is -0.346 e. The third-order valence-electron chi connectivity index (χ3n) is 7.11. The zero-order valence-corrected chi connectivity index (χ0v) is 18.6. The summed E-state index contributed by atoms with van der Waals surface area (Å²) in [6, 6.07) is 15.6. The lowest BCUT2D eigenvalue weighted by molar-refractivity contribution is -0.123. The van der Waals surface area contributed by atoms with Crippen molar-refractivity contribution in [1.29, 1.82) is 0 Å². The Morgan fingerprint density at radius 1 is 1.06 bits per heavy atom. The van der Waals surface area contributed by atoms with Crippen LogP contribution in [0.4, 0.5) is 0 Å². The van der Waals surface area contributed by atoms with Crippen LogP contribution in [0.25, 0.3) is 11.1 Å². The van der Waals surface area contributed by atoms with Gasteiger partial charge in [-0.2, -0.15) is 0 Å². The van der Waals surface area contributed by atoms with Crippen LogP contribution in [0.2, 0.25) is 0 Å². The highest BCUT2D eigenvalue weighted by Crippen LogP contribution is 2.37. The molecule has 1 atom stereocenters. The number of fused-ring (bicyclic) bond motifs is 4. The van der Waals surface area contributed by atoms with Gasteiger partial charge in [0.05, 0.1) is 6.04 Å². The van der Waals surface area contributed by atoms with Crippen molar-refractivity contribution in [2.24, 2.45) is 5.92 Å². The largest absolute Gasteiger partial charge is 0.346 e. The number of nitrogens with one attached hydrogen (secondary N) is 1. The van der Waals surface area contributed by atoms with E-state index in [0.717, 1.165) is 63.5 Å². The molecule has 2 aromatic carbocycles. The summed E-state index contributed by atoms with van der Waals surface area (Å²) in [6.45, 7) is 5.75. The number of rotatable bonds is 5. The number of benzene rings is 2. The van der Waals surface area contributed by atoms with Gasteiger partial charge in [-0.25, -0.2) is 0 Å². The normalized spacial score (nSPS) is 18.4. The summed E-state index contributed by atoms with van der Waals surface area (Å²) < 4.78 is 2.22. The Kier molecular flexibility index (Phi) is 4.83. The topological polar surface area (TPSA) is 63.1 Å². The summed E-state index contributed by atoms with van der Waals surface area (Å²) in [5.74, 6) is 2.27. The third kappa shape index (κ3) is 3.62. The Labute approximate surface area is 188 Å². The maximum atomic E-state index is 12.2. The van der Waals surface area contributed by atoms with Crippen LogP contribution in [0.1, 0.15) is 54.1 Å². The van der Waals surface area contributed by atoms with Crippen LogP contribution in [0.5, 0.6) is 0 Å². The van der Waals surface area contributed by atoms with E-state index in [4.69, 9.17) is 0 Å². The third-order valence-corrected chi connectivity index (χ3v) is 7.11. The predicted octanol–water partition coefficient (Wildman–Crippen LogP) is 3.49. The zero-order chi connectivity index (χ0) is 21.7. The van der Waals surface area contributed by atoms with E-state index in [1.807, 2.05) is 6.92 Å². The maximum Gasteiger partial charge on any atom is 0.223 e. The molecular formula is C26H29N5O. The van der Waals surface area contributed by atoms with Crippen LogP contribution < -0.4 is 5.32 Å². The van der Waals surface area contributed by atoms with E-state index in [1.54, 1.807) is 0 Å². The SMILES string of the molecule is CC(NC(=O)C1CC1)c1nnc2n1CCN(Cc1ccc3c(c1)Cc1ccccc1-3)CC2. The molecule has 164 valence electrons. The van der Waals surface area contributed by atoms with Gasteiger partial charge < -0.3 is 9.88 Å². The number of hydrogen-bond acceptors (Lipinski definition) is 4. The molecule has 6 rings (SSSR count). The Bertz CT molecular complexity index is 1180. The van der Waals surface area contributed by atoms with Crippen molar-refractivity contribution in [3.8, 4) is 11.1 Å². The quantitative estimate of drug-likeness (QED) is 0.530. The van der Waals surface area contributed by atoms with Crippen LogP contribution in [-0.2, 0) is 30.7 Å². The predicted molar refractivity (Wildman–Crippen MR) is 123 cm³/mol. The van der Waals surface area contributed by atoms with Gasteiger partial charge in [0.15, 0.2) is 5.82 Å². The van der Waals surface area contributed by atoms with E-state index in [-0.39, 0.29) is 17.9 Å². The fraction of sp³-hybridized carbons (Fsp3) is 0.423. The molecule has 6 nitrogen and oxygen atoms in total. The Balaban J connectivity index is 1.13. The molecule has 0 radical (unpaired) electrons. The molecule has 32 heavy (non-hydrogen) atoms. The first kappa shape index (κ1) is 19.7. The average Bonchev–Trinajstić information content (AvgIpc) is 3.52. The van der Waals surface area contributed by atoms with Crippen LogP contribution >= 0.6 is 0 Å². The second-order valence-electron chi connectivity index (χ2n) is 9.48. The number of nitrogens with zero attached hydrogens (tertiary/aromatic N) is 4. The molecular weight excluding hydrogens is 398 g/mol. The lowest BCUT2D eigenvalue weighted by atomic mass is 10.0. The van der Waals surface area contributed by atoms with Gasteiger partial charge in [0.1, 0.15) is 5.82 Å². The smallest absolute Gasteiger partial charge is 0.223 e. The summed E-state index contributed by atoms with van der Waals surface area (Å²) in [7, 11) is 0. The Morgan fingerprint density at radius 3 is 2.78 bits per heavy atom. The highest BCUT2D eigenvalue weighted by molar-refractivity contribution is 5.81. The molecule has 0 saturated heterocycles. The molecule has 2 aliphatic carbocycles. The van der Waals surface area contributed by atoms with Crippen LogP contribution in [0.15, 0.2) is 42.5 Å². The van der Waals surface area contributed by atoms with Gasteiger partial charge in [-0.05, 0) is 54.0 Å². The molecule has 3 aromatic rings. The molecule has 0 bridgehead atoms. The lowest BCUT2D eigenvalue weighted by Crippen LogP contribution is -2.31. The lowest BCUT2D eigenvalue weighted by Gasteiger charge is -2.20. The van der Waals surface area contributed by atoms with Gasteiger partial charge in [0.25, 0.3) is 0 Å². The van der Waals surface area contributed by atoms with Crippen LogP contribution in [-0.4, -0.2) is 38.7 Å². The van der Waals surface area contributed by atoms with Gasteiger partial charge in [0, 0.05) is 38.5 Å². The summed E-state index contributed by atoms with van der Waals surface area (Å²) in [5, 5.41) is 12.0. The molecule has 1 amide bonds. The average molecular weight is 428 g/mol. The van der Waals surface area contributed by atoms with Crippen molar-refractivity contribution in [3.63, 3.8) is 0 Å². The molecule has 1 unspecified atom stereocenters. The number of carbonyl (C=O) groups excluding carboxylic acids is 1. The number of aromatic nitrogens is 3. The van der Waals surface area contributed by atoms with Crippen molar-refractivity contribution in [3.05, 3.63) is 70.8 Å². The second-order valence-corrected chi connectivity index (χ2v) is 9.48. The summed E-state index contributed by atoms with van der Waals surface area (Å²) in [5.41, 5.74) is 7.02. The van der Waals surface area contributed by atoms with E-state index in [0.29, 0.717) is 0 Å². The van der Waals surface area contributed by atoms with Crippen LogP contribution in [0, 0.1) is 5.92 Å². The Morgan fingerprint density at radius 2 is 1.91 bits per heavy atom. The molecule has 1 aromatic heterocycles. The highest BCUT2D eigenvalue weighted by atomic mass is 16.2. The van der Waals surface area contributed by atoms with Crippen molar-refractivity contribution >= 4 is 5.91 Å². The van der Waals surface area contributed by atoms with E-state index in [9.17, 15) is 4.79 Å². The first-order chi connectivity index (χ1) is 15.7. The van der Waals surface area contributed by atoms with E-state index >= 15 is 0 Å². The molecule has 6 heteroatoms. The minimum atomic E-state index is -0.103. The molecule has 2 heterocycles. The van der Waals surface area contributed by atoms with Crippen molar-refractivity contribution in [2.75, 3.05) is 13.1 Å². The van der Waals surface area contributed by atoms with Gasteiger partial charge >= 0.3 is 0 Å². The molecule has 1 saturated carbocycles. The molecule has 3 aliphatic rings. The fourth-order valence-electron chi connectivity index (χ4n) is 5.16. The summed E-state index contributed by atoms with van der Waals surface area (Å²) in [4.78, 5) is 14.7. The summed E-state index contributed by atoms with van der Waals surface area (Å²) in [6.07, 6.45) is 3.95. The fourth-order valence-corrected chi connectivity index (χ4v) is 5.16. The van der Waals surface area contributed by atoms with E-state index < -0.39 is 0 Å². The summed E-state index contributed by atoms with van der Waals surface area (Å²) >= 11 is 0. The standard InChI is InChI=1S/C26H29N5O/c1-17(27-26(32)19-7-8-19)25-29-28-24-10-11-30(12-13-31(24)25)16-18-6-9-23-21(14-18)15-20-4-2-3-5-22(20)23/h2-6,9,14,17,19H,7-8,10-13,15-16H2,1H3,(H,27,32). The molecule has 1 N–H and O–H groups in total. The number of carbonyl (C=O) groups is 1. The molecule has 1 aliphatic heterocycles. The first-order valence-electron chi connectivity index (χ1n) is 11.8. The zero-order valence-electron chi connectivity index (χ0n) is 18.6. The van der Waals surface area contributed by atoms with Gasteiger partial charge in [-0.1, -0.05) is 42.5 Å². The van der Waals surface area contributed by atoms with Gasteiger partial charge in [-0.15, -0.1) is 10.2 Å². The van der Waals surface area contributed by atoms with Gasteiger partial charge in [-0.3, -0.25) is 9.69 Å². The van der Waals surface area contributed by atoms with E-state index in [1.165, 1.54) is 27.8 Å². The van der Waals surface area contributed by atoms with E-state index in [2.05, 4.69) is 67.4 Å². The first-order valence-corrected chi connectivity index (χ1v) is 11.8. The Hall–Kier alpha value is -2.99. The molecule has 0 spiro atoms. The van der Waals surface area contributed by atoms with Crippen molar-refractivity contribution < 1.29 is 4.79 Å². The second kappa shape index (κ2) is 7.85.